The van der Waals surface area contributed by atoms with Gasteiger partial charge in [0.25, 0.3) is 0 Å². The summed E-state index contributed by atoms with van der Waals surface area (Å²) in [5.41, 5.74) is 3.01. The molecule has 0 aliphatic carbocycles. The van der Waals surface area contributed by atoms with E-state index in [9.17, 15) is 5.11 Å². The van der Waals surface area contributed by atoms with E-state index in [1.54, 1.807) is 0 Å². The molecule has 0 saturated heterocycles. The first-order valence-corrected chi connectivity index (χ1v) is 6.75. The van der Waals surface area contributed by atoms with Crippen molar-refractivity contribution in [2.45, 2.75) is 66.2 Å². The topological polar surface area (TPSA) is 47.3 Å². The fourth-order valence-electron chi connectivity index (χ4n) is 2.07. The molecule has 0 radical (unpaired) electrons. The van der Waals surface area contributed by atoms with Gasteiger partial charge in [0.2, 0.25) is 0 Å². The van der Waals surface area contributed by atoms with Gasteiger partial charge in [-0.1, -0.05) is 13.8 Å². The molecule has 1 aromatic rings. The first-order chi connectivity index (χ1) is 8.42. The summed E-state index contributed by atoms with van der Waals surface area (Å²) in [6, 6.07) is 0. The maximum atomic E-state index is 9.44. The largest absolute Gasteiger partial charge is 0.392 e. The van der Waals surface area contributed by atoms with Gasteiger partial charge in [-0.15, -0.1) is 0 Å². The zero-order valence-corrected chi connectivity index (χ0v) is 12.3. The van der Waals surface area contributed by atoms with E-state index in [4.69, 9.17) is 4.74 Å². The van der Waals surface area contributed by atoms with E-state index in [1.165, 1.54) is 0 Å². The molecule has 0 aliphatic rings. The van der Waals surface area contributed by atoms with E-state index in [0.717, 1.165) is 36.3 Å². The van der Waals surface area contributed by atoms with Crippen molar-refractivity contribution in [3.63, 3.8) is 0 Å². The third-order valence-corrected chi connectivity index (χ3v) is 2.92. The molecule has 0 aromatic carbocycles. The Hall–Kier alpha value is -0.870. The van der Waals surface area contributed by atoms with Gasteiger partial charge < -0.3 is 9.84 Å². The molecule has 0 unspecified atom stereocenters. The lowest BCUT2D eigenvalue weighted by molar-refractivity contribution is -0.00818. The van der Waals surface area contributed by atoms with Crippen molar-refractivity contribution in [1.82, 2.24) is 9.78 Å². The molecule has 0 saturated carbocycles. The van der Waals surface area contributed by atoms with Crippen LogP contribution in [0.25, 0.3) is 0 Å². The third kappa shape index (κ3) is 3.82. The van der Waals surface area contributed by atoms with Crippen LogP contribution in [0, 0.1) is 0 Å². The maximum absolute atomic E-state index is 9.44. The molecular weight excluding hydrogens is 228 g/mol. The number of nitrogens with zero attached hydrogens (tertiary/aromatic N) is 2. The Morgan fingerprint density at radius 1 is 1.22 bits per heavy atom. The molecule has 1 N–H and O–H groups in total. The molecule has 4 heteroatoms. The van der Waals surface area contributed by atoms with Crippen molar-refractivity contribution >= 4 is 0 Å². The minimum absolute atomic E-state index is 0.0759. The second-order valence-corrected chi connectivity index (χ2v) is 5.42. The van der Waals surface area contributed by atoms with Gasteiger partial charge in [-0.3, -0.25) is 4.68 Å². The van der Waals surface area contributed by atoms with E-state index >= 15 is 0 Å². The van der Waals surface area contributed by atoms with Crippen LogP contribution < -0.4 is 0 Å². The zero-order chi connectivity index (χ0) is 13.8. The SMILES string of the molecule is CCc1nn(CCOC(C)(C)C)c(CC)c1CO. The molecule has 1 aromatic heterocycles. The molecule has 0 spiro atoms. The van der Waals surface area contributed by atoms with Crippen molar-refractivity contribution in [3.05, 3.63) is 17.0 Å². The summed E-state index contributed by atoms with van der Waals surface area (Å²) in [6.07, 6.45) is 1.74. The molecule has 0 bridgehead atoms. The third-order valence-electron chi connectivity index (χ3n) is 2.92. The summed E-state index contributed by atoms with van der Waals surface area (Å²) in [4.78, 5) is 0. The summed E-state index contributed by atoms with van der Waals surface area (Å²) in [5.74, 6) is 0. The normalized spacial score (nSPS) is 12.1. The van der Waals surface area contributed by atoms with Crippen LogP contribution in [-0.4, -0.2) is 27.1 Å². The molecule has 1 rings (SSSR count). The van der Waals surface area contributed by atoms with Gasteiger partial charge in [0.05, 0.1) is 31.1 Å². The van der Waals surface area contributed by atoms with Crippen LogP contribution in [0.2, 0.25) is 0 Å². The van der Waals surface area contributed by atoms with Gasteiger partial charge in [0.1, 0.15) is 0 Å². The highest BCUT2D eigenvalue weighted by Crippen LogP contribution is 2.16. The van der Waals surface area contributed by atoms with Gasteiger partial charge in [-0.25, -0.2) is 0 Å². The summed E-state index contributed by atoms with van der Waals surface area (Å²) < 4.78 is 7.71. The lowest BCUT2D eigenvalue weighted by Gasteiger charge is -2.19. The van der Waals surface area contributed by atoms with Gasteiger partial charge in [-0.05, 0) is 33.6 Å². The average molecular weight is 254 g/mol. The summed E-state index contributed by atoms with van der Waals surface area (Å²) >= 11 is 0. The molecule has 104 valence electrons. The number of aryl methyl sites for hydroxylation is 1. The summed E-state index contributed by atoms with van der Waals surface area (Å²) in [7, 11) is 0. The molecule has 0 atom stereocenters. The van der Waals surface area contributed by atoms with Crippen molar-refractivity contribution in [1.29, 1.82) is 0 Å². The van der Waals surface area contributed by atoms with E-state index in [2.05, 4.69) is 18.9 Å². The molecular formula is C14H26N2O2. The van der Waals surface area contributed by atoms with E-state index in [0.29, 0.717) is 6.61 Å². The fraction of sp³-hybridized carbons (Fsp3) is 0.786. The molecule has 0 amide bonds. The van der Waals surface area contributed by atoms with Gasteiger partial charge in [-0.2, -0.15) is 5.10 Å². The summed E-state index contributed by atoms with van der Waals surface area (Å²) in [5, 5.41) is 14.0. The predicted octanol–water partition coefficient (Wildman–Crippen LogP) is 2.32. The van der Waals surface area contributed by atoms with Crippen LogP contribution in [0.5, 0.6) is 0 Å². The maximum Gasteiger partial charge on any atom is 0.0718 e. The van der Waals surface area contributed by atoms with Gasteiger partial charge >= 0.3 is 0 Å². The van der Waals surface area contributed by atoms with Crippen molar-refractivity contribution in [2.24, 2.45) is 0 Å². The van der Waals surface area contributed by atoms with Crippen LogP contribution >= 0.6 is 0 Å². The van der Waals surface area contributed by atoms with E-state index in [-0.39, 0.29) is 12.2 Å². The number of rotatable bonds is 6. The molecule has 0 aliphatic heterocycles. The lowest BCUT2D eigenvalue weighted by Crippen LogP contribution is -2.22. The number of hydrogen-bond acceptors (Lipinski definition) is 3. The molecule has 4 nitrogen and oxygen atoms in total. The van der Waals surface area contributed by atoms with Crippen molar-refractivity contribution in [2.75, 3.05) is 6.61 Å². The predicted molar refractivity (Wildman–Crippen MR) is 72.6 cm³/mol. The minimum atomic E-state index is -0.118. The monoisotopic (exact) mass is 254 g/mol. The number of ether oxygens (including phenoxy) is 1. The number of hydrogen-bond donors (Lipinski definition) is 1. The number of aliphatic hydroxyl groups is 1. The zero-order valence-electron chi connectivity index (χ0n) is 12.3. The molecule has 18 heavy (non-hydrogen) atoms. The first kappa shape index (κ1) is 15.2. The van der Waals surface area contributed by atoms with Gasteiger partial charge in [0.15, 0.2) is 0 Å². The summed E-state index contributed by atoms with van der Waals surface area (Å²) in [6.45, 7) is 11.8. The standard InChI is InChI=1S/C14H26N2O2/c1-6-12-11(10-17)13(7-2)16(15-12)8-9-18-14(3,4)5/h17H,6-10H2,1-5H3. The number of aliphatic hydroxyl groups excluding tert-OH is 1. The smallest absolute Gasteiger partial charge is 0.0718 e. The van der Waals surface area contributed by atoms with Gasteiger partial charge in [0, 0.05) is 11.3 Å². The fourth-order valence-corrected chi connectivity index (χ4v) is 2.07. The van der Waals surface area contributed by atoms with Crippen molar-refractivity contribution < 1.29 is 9.84 Å². The molecule has 0 fully saturated rings. The van der Waals surface area contributed by atoms with Crippen LogP contribution in [0.4, 0.5) is 0 Å². The lowest BCUT2D eigenvalue weighted by atomic mass is 10.1. The quantitative estimate of drug-likeness (QED) is 0.847. The highest BCUT2D eigenvalue weighted by atomic mass is 16.5. The van der Waals surface area contributed by atoms with Crippen LogP contribution in [0.3, 0.4) is 0 Å². The minimum Gasteiger partial charge on any atom is -0.392 e. The Balaban J connectivity index is 2.79. The Bertz CT molecular complexity index is 378. The Labute approximate surface area is 110 Å². The van der Waals surface area contributed by atoms with E-state index in [1.807, 2.05) is 25.5 Å². The first-order valence-electron chi connectivity index (χ1n) is 6.75. The second-order valence-electron chi connectivity index (χ2n) is 5.42. The second kappa shape index (κ2) is 6.34. The highest BCUT2D eigenvalue weighted by molar-refractivity contribution is 5.25. The molecule has 1 heterocycles. The highest BCUT2D eigenvalue weighted by Gasteiger charge is 2.15. The van der Waals surface area contributed by atoms with E-state index < -0.39 is 0 Å². The van der Waals surface area contributed by atoms with Crippen molar-refractivity contribution in [3.8, 4) is 0 Å². The van der Waals surface area contributed by atoms with Crippen LogP contribution in [-0.2, 0) is 30.7 Å². The van der Waals surface area contributed by atoms with Crippen LogP contribution in [0.1, 0.15) is 51.6 Å². The average Bonchev–Trinajstić information content (AvgIpc) is 2.64. The van der Waals surface area contributed by atoms with Crippen LogP contribution in [0.15, 0.2) is 0 Å². The Morgan fingerprint density at radius 2 is 1.89 bits per heavy atom. The number of aromatic nitrogens is 2. The Kier molecular flexibility index (Phi) is 5.35. The Morgan fingerprint density at radius 3 is 2.33 bits per heavy atom.